The maximum absolute atomic E-state index is 11.8. The summed E-state index contributed by atoms with van der Waals surface area (Å²) < 4.78 is 5.40. The second-order valence-corrected chi connectivity index (χ2v) is 5.70. The van der Waals surface area contributed by atoms with Crippen LogP contribution in [0.25, 0.3) is 11.3 Å². The number of hydrogen-bond donors (Lipinski definition) is 2. The molecule has 0 spiro atoms. The average molecular weight is 299 g/mol. The number of hydrogen-bond acceptors (Lipinski definition) is 4. The predicted molar refractivity (Wildman–Crippen MR) is 82.7 cm³/mol. The highest BCUT2D eigenvalue weighted by Crippen LogP contribution is 2.35. The number of nitrogens with one attached hydrogen (secondary N) is 2. The fourth-order valence-electron chi connectivity index (χ4n) is 2.37. The van der Waals surface area contributed by atoms with Gasteiger partial charge >= 0.3 is 6.09 Å². The Kier molecular flexibility index (Phi) is 3.66. The third-order valence-corrected chi connectivity index (χ3v) is 3.86. The van der Waals surface area contributed by atoms with Gasteiger partial charge in [-0.3, -0.25) is 10.1 Å². The van der Waals surface area contributed by atoms with Crippen molar-refractivity contribution in [3.8, 4) is 11.3 Å². The summed E-state index contributed by atoms with van der Waals surface area (Å²) in [7, 11) is 0. The molecule has 1 aromatic heterocycles. The molecule has 1 amide bonds. The van der Waals surface area contributed by atoms with Crippen LogP contribution < -0.4 is 10.9 Å². The Morgan fingerprint density at radius 3 is 2.50 bits per heavy atom. The van der Waals surface area contributed by atoms with Gasteiger partial charge in [-0.1, -0.05) is 12.1 Å². The van der Waals surface area contributed by atoms with Crippen molar-refractivity contribution in [3.05, 3.63) is 46.8 Å². The molecule has 0 unspecified atom stereocenters. The predicted octanol–water partition coefficient (Wildman–Crippen LogP) is 2.93. The van der Waals surface area contributed by atoms with Crippen molar-refractivity contribution in [2.24, 2.45) is 0 Å². The highest BCUT2D eigenvalue weighted by molar-refractivity contribution is 5.85. The molecule has 1 heterocycles. The first-order chi connectivity index (χ1) is 10.5. The van der Waals surface area contributed by atoms with Crippen LogP contribution in [0.3, 0.4) is 0 Å². The normalized spacial score (nSPS) is 15.7. The second-order valence-electron chi connectivity index (χ2n) is 5.70. The first kappa shape index (κ1) is 14.3. The third-order valence-electron chi connectivity index (χ3n) is 3.86. The molecular weight excluding hydrogens is 282 g/mol. The fraction of sp³-hybridized carbons (Fsp3) is 0.312. The van der Waals surface area contributed by atoms with Gasteiger partial charge < -0.3 is 4.74 Å². The quantitative estimate of drug-likeness (QED) is 0.912. The van der Waals surface area contributed by atoms with Crippen molar-refractivity contribution in [2.45, 2.75) is 31.8 Å². The lowest BCUT2D eigenvalue weighted by Crippen LogP contribution is -2.39. The second kappa shape index (κ2) is 5.63. The molecule has 2 aromatic rings. The number of amides is 1. The lowest BCUT2D eigenvalue weighted by atomic mass is 9.82. The smallest absolute Gasteiger partial charge is 0.412 e. The summed E-state index contributed by atoms with van der Waals surface area (Å²) in [5, 5.41) is 9.06. The van der Waals surface area contributed by atoms with E-state index < -0.39 is 6.09 Å². The van der Waals surface area contributed by atoms with E-state index in [2.05, 4.69) is 15.5 Å². The minimum Gasteiger partial charge on any atom is -0.443 e. The molecule has 1 fully saturated rings. The summed E-state index contributed by atoms with van der Waals surface area (Å²) in [5.74, 6) is 0. The van der Waals surface area contributed by atoms with Crippen LogP contribution in [0.2, 0.25) is 0 Å². The number of aromatic nitrogens is 2. The first-order valence-corrected chi connectivity index (χ1v) is 7.20. The van der Waals surface area contributed by atoms with E-state index in [0.717, 1.165) is 24.8 Å². The molecule has 3 rings (SSSR count). The van der Waals surface area contributed by atoms with Crippen molar-refractivity contribution in [1.29, 1.82) is 0 Å². The van der Waals surface area contributed by atoms with Gasteiger partial charge in [-0.2, -0.15) is 5.10 Å². The lowest BCUT2D eigenvalue weighted by Gasteiger charge is -2.37. The molecule has 1 aromatic carbocycles. The number of H-pyrrole nitrogens is 1. The molecule has 2 N–H and O–H groups in total. The van der Waals surface area contributed by atoms with Crippen LogP contribution in [0.4, 0.5) is 10.5 Å². The molecule has 6 nitrogen and oxygen atoms in total. The zero-order valence-corrected chi connectivity index (χ0v) is 12.3. The summed E-state index contributed by atoms with van der Waals surface area (Å²) in [6, 6.07) is 10.2. The Morgan fingerprint density at radius 2 is 1.95 bits per heavy atom. The van der Waals surface area contributed by atoms with E-state index >= 15 is 0 Å². The summed E-state index contributed by atoms with van der Waals surface area (Å²) in [5.41, 5.74) is 1.61. The summed E-state index contributed by atoms with van der Waals surface area (Å²) in [6.07, 6.45) is 2.50. The SMILES string of the molecule is CC1(OC(=O)Nc2ccc(-c3ccc(=O)[nH]n3)cc2)CCC1. The molecule has 0 bridgehead atoms. The summed E-state index contributed by atoms with van der Waals surface area (Å²) in [6.45, 7) is 1.95. The van der Waals surface area contributed by atoms with Crippen molar-refractivity contribution >= 4 is 11.8 Å². The fourth-order valence-corrected chi connectivity index (χ4v) is 2.37. The lowest BCUT2D eigenvalue weighted by molar-refractivity contribution is -0.0256. The number of ether oxygens (including phenoxy) is 1. The monoisotopic (exact) mass is 299 g/mol. The van der Waals surface area contributed by atoms with E-state index in [1.54, 1.807) is 18.2 Å². The minimum absolute atomic E-state index is 0.241. The van der Waals surface area contributed by atoms with Crippen LogP contribution in [0.15, 0.2) is 41.2 Å². The Hall–Kier alpha value is -2.63. The average Bonchev–Trinajstić information content (AvgIpc) is 2.47. The van der Waals surface area contributed by atoms with Gasteiger partial charge in [0.2, 0.25) is 0 Å². The molecule has 22 heavy (non-hydrogen) atoms. The maximum Gasteiger partial charge on any atom is 0.412 e. The first-order valence-electron chi connectivity index (χ1n) is 7.20. The topological polar surface area (TPSA) is 84.1 Å². The van der Waals surface area contributed by atoms with Crippen LogP contribution in [-0.2, 0) is 4.74 Å². The zero-order valence-electron chi connectivity index (χ0n) is 12.3. The Bertz CT molecular complexity index is 713. The van der Waals surface area contributed by atoms with E-state index in [1.807, 2.05) is 19.1 Å². The van der Waals surface area contributed by atoms with Gasteiger partial charge in [0.05, 0.1) is 5.69 Å². The molecule has 0 aliphatic heterocycles. The third kappa shape index (κ3) is 3.16. The summed E-state index contributed by atoms with van der Waals surface area (Å²) in [4.78, 5) is 22.8. The van der Waals surface area contributed by atoms with Gasteiger partial charge in [-0.25, -0.2) is 9.89 Å². The molecule has 1 aliphatic carbocycles. The molecule has 6 heteroatoms. The number of aromatic amines is 1. The number of rotatable bonds is 3. The number of benzene rings is 1. The van der Waals surface area contributed by atoms with Crippen molar-refractivity contribution in [3.63, 3.8) is 0 Å². The van der Waals surface area contributed by atoms with Crippen LogP contribution in [0.5, 0.6) is 0 Å². The van der Waals surface area contributed by atoms with E-state index in [1.165, 1.54) is 6.07 Å². The molecule has 0 atom stereocenters. The van der Waals surface area contributed by atoms with Crippen LogP contribution in [0, 0.1) is 0 Å². The van der Waals surface area contributed by atoms with Crippen molar-refractivity contribution in [1.82, 2.24) is 10.2 Å². The molecular formula is C16H17N3O3. The van der Waals surface area contributed by atoms with Gasteiger partial charge in [-0.05, 0) is 44.4 Å². The van der Waals surface area contributed by atoms with E-state index in [9.17, 15) is 9.59 Å². The minimum atomic E-state index is -0.433. The standard InChI is InChI=1S/C16H17N3O3/c1-16(9-2-10-16)22-15(21)17-12-5-3-11(4-6-12)13-7-8-14(20)19-18-13/h3-8H,2,9-10H2,1H3,(H,17,21)(H,19,20). The van der Waals surface area contributed by atoms with Gasteiger partial charge in [0.15, 0.2) is 0 Å². The van der Waals surface area contributed by atoms with Crippen molar-refractivity contribution < 1.29 is 9.53 Å². The highest BCUT2D eigenvalue weighted by Gasteiger charge is 2.35. The Balaban J connectivity index is 1.65. The zero-order chi connectivity index (χ0) is 15.6. The number of nitrogens with zero attached hydrogens (tertiary/aromatic N) is 1. The Morgan fingerprint density at radius 1 is 1.23 bits per heavy atom. The molecule has 0 radical (unpaired) electrons. The largest absolute Gasteiger partial charge is 0.443 e. The van der Waals surface area contributed by atoms with Crippen LogP contribution >= 0.6 is 0 Å². The summed E-state index contributed by atoms with van der Waals surface area (Å²) >= 11 is 0. The van der Waals surface area contributed by atoms with Crippen molar-refractivity contribution in [2.75, 3.05) is 5.32 Å². The van der Waals surface area contributed by atoms with Gasteiger partial charge in [0.25, 0.3) is 5.56 Å². The molecule has 1 saturated carbocycles. The molecule has 114 valence electrons. The number of carbonyl (C=O) groups excluding carboxylic acids is 1. The molecule has 1 aliphatic rings. The number of carbonyl (C=O) groups is 1. The van der Waals surface area contributed by atoms with E-state index in [0.29, 0.717) is 11.4 Å². The van der Waals surface area contributed by atoms with Gasteiger partial charge in [0.1, 0.15) is 5.60 Å². The molecule has 0 saturated heterocycles. The highest BCUT2D eigenvalue weighted by atomic mass is 16.6. The van der Waals surface area contributed by atoms with E-state index in [4.69, 9.17) is 4.74 Å². The Labute approximate surface area is 127 Å². The maximum atomic E-state index is 11.8. The van der Waals surface area contributed by atoms with Gasteiger partial charge in [0, 0.05) is 17.3 Å². The van der Waals surface area contributed by atoms with Gasteiger partial charge in [-0.15, -0.1) is 0 Å². The number of anilines is 1. The van der Waals surface area contributed by atoms with E-state index in [-0.39, 0.29) is 11.2 Å². The van der Waals surface area contributed by atoms with Crippen LogP contribution in [0.1, 0.15) is 26.2 Å². The van der Waals surface area contributed by atoms with Crippen LogP contribution in [-0.4, -0.2) is 21.9 Å².